The molecule has 26 heavy (non-hydrogen) atoms. The predicted octanol–water partition coefficient (Wildman–Crippen LogP) is 4.88. The largest absolute Gasteiger partial charge is 0.467 e. The molecule has 2 heterocycles. The van der Waals surface area contributed by atoms with Gasteiger partial charge in [-0.1, -0.05) is 42.1 Å². The number of fused-ring (bicyclic) bond motifs is 1. The van der Waals surface area contributed by atoms with Gasteiger partial charge < -0.3 is 9.47 Å². The minimum atomic E-state index is -0.389. The lowest BCUT2D eigenvalue weighted by atomic mass is 10.1. The smallest absolute Gasteiger partial charge is 0.270 e. The monoisotopic (exact) mass is 386 g/mol. The van der Waals surface area contributed by atoms with E-state index in [9.17, 15) is 10.1 Å². The molecule has 0 bridgehead atoms. The van der Waals surface area contributed by atoms with E-state index in [4.69, 9.17) is 9.47 Å². The molecule has 1 aliphatic heterocycles. The quantitative estimate of drug-likeness (QED) is 0.353. The first-order valence-corrected chi connectivity index (χ1v) is 9.72. The summed E-state index contributed by atoms with van der Waals surface area (Å²) in [6, 6.07) is 13.1. The SMILES string of the molecule is O=[N+]([O-])c1cc2c(c(CSc3nc(-c4ccccc4)cs3)c1)OCOC2. The van der Waals surface area contributed by atoms with Gasteiger partial charge in [-0.15, -0.1) is 11.3 Å². The van der Waals surface area contributed by atoms with Gasteiger partial charge in [-0.3, -0.25) is 10.1 Å². The molecule has 3 aromatic rings. The van der Waals surface area contributed by atoms with Crippen LogP contribution in [0.2, 0.25) is 0 Å². The molecule has 0 amide bonds. The van der Waals surface area contributed by atoms with Crippen molar-refractivity contribution in [2.75, 3.05) is 6.79 Å². The fraction of sp³-hybridized carbons (Fsp3) is 0.167. The van der Waals surface area contributed by atoms with Crippen LogP contribution < -0.4 is 4.74 Å². The standard InChI is InChI=1S/C18H14N2O4S2/c21-20(22)15-6-13-8-23-11-24-17(13)14(7-15)9-25-18-19-16(10-26-18)12-4-2-1-3-5-12/h1-7,10H,8-9,11H2. The molecule has 4 rings (SSSR count). The second-order valence-electron chi connectivity index (χ2n) is 5.61. The van der Waals surface area contributed by atoms with E-state index < -0.39 is 0 Å². The Morgan fingerprint density at radius 3 is 2.92 bits per heavy atom. The number of hydrogen-bond acceptors (Lipinski definition) is 7. The Kier molecular flexibility index (Phi) is 4.87. The second kappa shape index (κ2) is 7.45. The molecule has 0 aliphatic carbocycles. The van der Waals surface area contributed by atoms with Crippen LogP contribution in [0.4, 0.5) is 5.69 Å². The molecule has 0 atom stereocenters. The van der Waals surface area contributed by atoms with E-state index in [2.05, 4.69) is 4.98 Å². The molecular formula is C18H14N2O4S2. The number of aromatic nitrogens is 1. The lowest BCUT2D eigenvalue weighted by Crippen LogP contribution is -2.13. The van der Waals surface area contributed by atoms with E-state index in [1.807, 2.05) is 35.7 Å². The molecule has 1 aromatic heterocycles. The minimum absolute atomic E-state index is 0.0533. The highest BCUT2D eigenvalue weighted by Gasteiger charge is 2.21. The molecule has 1 aliphatic rings. The van der Waals surface area contributed by atoms with Gasteiger partial charge in [-0.05, 0) is 0 Å². The van der Waals surface area contributed by atoms with Crippen molar-refractivity contribution in [1.82, 2.24) is 4.98 Å². The zero-order valence-corrected chi connectivity index (χ0v) is 15.2. The van der Waals surface area contributed by atoms with Crippen LogP contribution in [0.3, 0.4) is 0 Å². The van der Waals surface area contributed by atoms with Crippen LogP contribution in [0.15, 0.2) is 52.2 Å². The van der Waals surface area contributed by atoms with Crippen molar-refractivity contribution in [3.05, 3.63) is 69.1 Å². The molecule has 0 spiro atoms. The molecule has 2 aromatic carbocycles. The topological polar surface area (TPSA) is 74.5 Å². The maximum atomic E-state index is 11.2. The van der Waals surface area contributed by atoms with Crippen LogP contribution in [0.25, 0.3) is 11.3 Å². The van der Waals surface area contributed by atoms with E-state index in [-0.39, 0.29) is 17.4 Å². The summed E-state index contributed by atoms with van der Waals surface area (Å²) >= 11 is 3.11. The Morgan fingerprint density at radius 1 is 1.27 bits per heavy atom. The zero-order valence-electron chi connectivity index (χ0n) is 13.6. The number of rotatable bonds is 5. The number of nitrogens with zero attached hydrogens (tertiary/aromatic N) is 2. The molecule has 0 fully saturated rings. The molecule has 0 unspecified atom stereocenters. The summed E-state index contributed by atoms with van der Waals surface area (Å²) in [6.07, 6.45) is 0. The fourth-order valence-electron chi connectivity index (χ4n) is 2.70. The molecule has 0 saturated carbocycles. The molecule has 0 radical (unpaired) electrons. The van der Waals surface area contributed by atoms with Gasteiger partial charge in [0.1, 0.15) is 5.75 Å². The van der Waals surface area contributed by atoms with Crippen LogP contribution in [0.1, 0.15) is 11.1 Å². The van der Waals surface area contributed by atoms with Gasteiger partial charge >= 0.3 is 0 Å². The van der Waals surface area contributed by atoms with Gasteiger partial charge in [-0.2, -0.15) is 0 Å². The average molecular weight is 386 g/mol. The van der Waals surface area contributed by atoms with Crippen molar-refractivity contribution in [2.45, 2.75) is 16.7 Å². The van der Waals surface area contributed by atoms with Crippen LogP contribution in [-0.4, -0.2) is 16.7 Å². The zero-order chi connectivity index (χ0) is 17.9. The van der Waals surface area contributed by atoms with Crippen LogP contribution >= 0.6 is 23.1 Å². The van der Waals surface area contributed by atoms with Crippen molar-refractivity contribution in [2.24, 2.45) is 0 Å². The van der Waals surface area contributed by atoms with Gasteiger partial charge in [0.05, 0.1) is 17.2 Å². The number of benzene rings is 2. The molecule has 8 heteroatoms. The van der Waals surface area contributed by atoms with E-state index in [1.54, 1.807) is 29.2 Å². The normalized spacial score (nSPS) is 13.1. The summed E-state index contributed by atoms with van der Waals surface area (Å²) in [7, 11) is 0. The highest BCUT2D eigenvalue weighted by atomic mass is 32.2. The summed E-state index contributed by atoms with van der Waals surface area (Å²) in [5.41, 5.74) is 3.56. The molecule has 0 N–H and O–H groups in total. The Bertz CT molecular complexity index is 944. The number of nitro benzene ring substituents is 1. The highest BCUT2D eigenvalue weighted by Crippen LogP contribution is 2.37. The Labute approximate surface area is 157 Å². The van der Waals surface area contributed by atoms with Crippen molar-refractivity contribution >= 4 is 28.8 Å². The molecule has 6 nitrogen and oxygen atoms in total. The fourth-order valence-corrected chi connectivity index (χ4v) is 4.50. The Balaban J connectivity index is 1.55. The van der Waals surface area contributed by atoms with Gasteiger partial charge in [0, 0.05) is 40.0 Å². The van der Waals surface area contributed by atoms with Crippen molar-refractivity contribution in [3.8, 4) is 17.0 Å². The Hall–Kier alpha value is -2.42. The van der Waals surface area contributed by atoms with E-state index in [0.717, 1.165) is 21.2 Å². The number of non-ortho nitro benzene ring substituents is 1. The first kappa shape index (κ1) is 17.0. The van der Waals surface area contributed by atoms with Gasteiger partial charge in [0.2, 0.25) is 0 Å². The third kappa shape index (κ3) is 3.57. The first-order valence-electron chi connectivity index (χ1n) is 7.85. The van der Waals surface area contributed by atoms with Gasteiger partial charge in [0.25, 0.3) is 5.69 Å². The van der Waals surface area contributed by atoms with Crippen molar-refractivity contribution in [3.63, 3.8) is 0 Å². The van der Waals surface area contributed by atoms with E-state index >= 15 is 0 Å². The third-order valence-corrected chi connectivity index (χ3v) is 5.96. The summed E-state index contributed by atoms with van der Waals surface area (Å²) in [5.74, 6) is 1.24. The predicted molar refractivity (Wildman–Crippen MR) is 100 cm³/mol. The molecular weight excluding hydrogens is 372 g/mol. The summed E-state index contributed by atoms with van der Waals surface area (Å²) in [5, 5.41) is 13.2. The highest BCUT2D eigenvalue weighted by molar-refractivity contribution is 8.00. The summed E-state index contributed by atoms with van der Waals surface area (Å²) in [4.78, 5) is 15.4. The lowest BCUT2D eigenvalue weighted by Gasteiger charge is -2.20. The average Bonchev–Trinajstić information content (AvgIpc) is 3.15. The van der Waals surface area contributed by atoms with Crippen LogP contribution in [0.5, 0.6) is 5.75 Å². The second-order valence-corrected chi connectivity index (χ2v) is 7.69. The summed E-state index contributed by atoms with van der Waals surface area (Å²) < 4.78 is 11.7. The maximum absolute atomic E-state index is 11.2. The van der Waals surface area contributed by atoms with Gasteiger partial charge in [-0.25, -0.2) is 4.98 Å². The van der Waals surface area contributed by atoms with Crippen molar-refractivity contribution < 1.29 is 14.4 Å². The number of hydrogen-bond donors (Lipinski definition) is 0. The van der Waals surface area contributed by atoms with Crippen LogP contribution in [-0.2, 0) is 17.1 Å². The number of nitro groups is 1. The summed E-state index contributed by atoms with van der Waals surface area (Å²) in [6.45, 7) is 0.488. The first-order chi connectivity index (χ1) is 12.7. The Morgan fingerprint density at radius 2 is 2.12 bits per heavy atom. The molecule has 132 valence electrons. The van der Waals surface area contributed by atoms with E-state index in [1.165, 1.54) is 6.07 Å². The van der Waals surface area contributed by atoms with Crippen LogP contribution in [0, 0.1) is 10.1 Å². The maximum Gasteiger partial charge on any atom is 0.270 e. The van der Waals surface area contributed by atoms with Gasteiger partial charge in [0.15, 0.2) is 11.1 Å². The number of thioether (sulfide) groups is 1. The lowest BCUT2D eigenvalue weighted by molar-refractivity contribution is -0.385. The third-order valence-electron chi connectivity index (χ3n) is 3.89. The van der Waals surface area contributed by atoms with E-state index in [0.29, 0.717) is 23.7 Å². The minimum Gasteiger partial charge on any atom is -0.467 e. The molecule has 0 saturated heterocycles. The number of ether oxygens (including phenoxy) is 2. The van der Waals surface area contributed by atoms with Crippen molar-refractivity contribution in [1.29, 1.82) is 0 Å². The number of thiazole rings is 1.